The summed E-state index contributed by atoms with van der Waals surface area (Å²) >= 11 is 1.61. The number of aromatic nitrogens is 3. The highest BCUT2D eigenvalue weighted by molar-refractivity contribution is 7.12. The summed E-state index contributed by atoms with van der Waals surface area (Å²) in [6, 6.07) is 6.20. The molecule has 0 saturated carbocycles. The SMILES string of the molecule is Cc1ccc2c(c1)C=Cc1sc(C)nc1C2c1cn(C)c(=O)[nH]c1=O. The molecule has 3 aromatic rings. The van der Waals surface area contributed by atoms with Crippen molar-refractivity contribution in [2.75, 3.05) is 0 Å². The summed E-state index contributed by atoms with van der Waals surface area (Å²) < 4.78 is 1.40. The van der Waals surface area contributed by atoms with Gasteiger partial charge in [-0.3, -0.25) is 9.78 Å². The minimum Gasteiger partial charge on any atom is -0.303 e. The molecule has 1 unspecified atom stereocenters. The van der Waals surface area contributed by atoms with Gasteiger partial charge in [-0.25, -0.2) is 9.78 Å². The number of thiazole rings is 1. The lowest BCUT2D eigenvalue weighted by molar-refractivity contribution is 0.760. The predicted molar refractivity (Wildman–Crippen MR) is 100 cm³/mol. The van der Waals surface area contributed by atoms with Crippen molar-refractivity contribution in [1.82, 2.24) is 14.5 Å². The molecule has 2 aromatic heterocycles. The normalized spacial score (nSPS) is 15.6. The highest BCUT2D eigenvalue weighted by Gasteiger charge is 2.29. The molecule has 1 atom stereocenters. The van der Waals surface area contributed by atoms with E-state index in [2.05, 4.69) is 23.2 Å². The minimum absolute atomic E-state index is 0.305. The van der Waals surface area contributed by atoms with E-state index in [0.717, 1.165) is 32.3 Å². The topological polar surface area (TPSA) is 67.8 Å². The first kappa shape index (κ1) is 15.8. The Kier molecular flexibility index (Phi) is 3.58. The van der Waals surface area contributed by atoms with Gasteiger partial charge in [0.1, 0.15) is 0 Å². The molecule has 0 radical (unpaired) electrons. The van der Waals surface area contributed by atoms with Crippen molar-refractivity contribution >= 4 is 23.5 Å². The molecule has 4 rings (SSSR count). The second-order valence-electron chi connectivity index (χ2n) is 6.34. The highest BCUT2D eigenvalue weighted by Crippen LogP contribution is 2.39. The van der Waals surface area contributed by atoms with Crippen molar-refractivity contribution in [3.8, 4) is 0 Å². The third-order valence-electron chi connectivity index (χ3n) is 4.48. The van der Waals surface area contributed by atoms with Crippen molar-refractivity contribution < 1.29 is 0 Å². The molecule has 1 aliphatic carbocycles. The molecule has 0 amide bonds. The number of benzene rings is 1. The quantitative estimate of drug-likeness (QED) is 0.573. The fourth-order valence-corrected chi connectivity index (χ4v) is 4.17. The lowest BCUT2D eigenvalue weighted by atomic mass is 9.87. The molecule has 0 aliphatic heterocycles. The fourth-order valence-electron chi connectivity index (χ4n) is 3.30. The zero-order valence-electron chi connectivity index (χ0n) is 14.2. The van der Waals surface area contributed by atoms with E-state index in [9.17, 15) is 9.59 Å². The van der Waals surface area contributed by atoms with Crippen molar-refractivity contribution in [2.24, 2.45) is 7.05 Å². The second-order valence-corrected chi connectivity index (χ2v) is 7.57. The van der Waals surface area contributed by atoms with E-state index < -0.39 is 5.69 Å². The Hall–Kier alpha value is -2.73. The molecule has 126 valence electrons. The lowest BCUT2D eigenvalue weighted by Crippen LogP contribution is -2.32. The maximum Gasteiger partial charge on any atom is 0.328 e. The molecule has 0 saturated heterocycles. The van der Waals surface area contributed by atoms with Crippen LogP contribution in [-0.4, -0.2) is 14.5 Å². The lowest BCUT2D eigenvalue weighted by Gasteiger charge is -2.18. The van der Waals surface area contributed by atoms with Gasteiger partial charge in [-0.2, -0.15) is 0 Å². The summed E-state index contributed by atoms with van der Waals surface area (Å²) in [7, 11) is 1.64. The zero-order valence-corrected chi connectivity index (χ0v) is 15.0. The van der Waals surface area contributed by atoms with E-state index in [1.165, 1.54) is 4.57 Å². The van der Waals surface area contributed by atoms with E-state index in [0.29, 0.717) is 5.56 Å². The Morgan fingerprint density at radius 2 is 1.96 bits per heavy atom. The van der Waals surface area contributed by atoms with Crippen LogP contribution in [0.25, 0.3) is 12.2 Å². The first-order valence-electron chi connectivity index (χ1n) is 8.00. The number of rotatable bonds is 1. The van der Waals surface area contributed by atoms with Gasteiger partial charge in [0, 0.05) is 18.8 Å². The summed E-state index contributed by atoms with van der Waals surface area (Å²) in [5.41, 5.74) is 3.87. The van der Waals surface area contributed by atoms with Gasteiger partial charge in [0.25, 0.3) is 5.56 Å². The smallest absolute Gasteiger partial charge is 0.303 e. The molecule has 1 aliphatic rings. The largest absolute Gasteiger partial charge is 0.328 e. The monoisotopic (exact) mass is 351 g/mol. The van der Waals surface area contributed by atoms with Crippen LogP contribution in [0.2, 0.25) is 0 Å². The molecule has 0 bridgehead atoms. The number of nitrogens with one attached hydrogen (secondary N) is 1. The fraction of sp³-hybridized carbons (Fsp3) is 0.211. The maximum atomic E-state index is 12.6. The first-order chi connectivity index (χ1) is 11.9. The van der Waals surface area contributed by atoms with Crippen LogP contribution in [0.15, 0.2) is 34.0 Å². The molecular weight excluding hydrogens is 334 g/mol. The van der Waals surface area contributed by atoms with Gasteiger partial charge < -0.3 is 4.57 Å². The van der Waals surface area contributed by atoms with Gasteiger partial charge in [0.2, 0.25) is 0 Å². The van der Waals surface area contributed by atoms with Crippen LogP contribution >= 0.6 is 11.3 Å². The Labute approximate surface area is 148 Å². The van der Waals surface area contributed by atoms with Gasteiger partial charge >= 0.3 is 5.69 Å². The van der Waals surface area contributed by atoms with Crippen molar-refractivity contribution in [3.05, 3.63) is 83.1 Å². The molecule has 0 spiro atoms. The van der Waals surface area contributed by atoms with E-state index in [1.807, 2.05) is 26.0 Å². The molecule has 5 nitrogen and oxygen atoms in total. The third kappa shape index (κ3) is 2.59. The number of fused-ring (bicyclic) bond motifs is 2. The molecular formula is C19H17N3O2S. The maximum absolute atomic E-state index is 12.6. The minimum atomic E-state index is -0.417. The van der Waals surface area contributed by atoms with E-state index in [4.69, 9.17) is 4.98 Å². The predicted octanol–water partition coefficient (Wildman–Crippen LogP) is 2.81. The van der Waals surface area contributed by atoms with Gasteiger partial charge in [-0.05, 0) is 31.1 Å². The van der Waals surface area contributed by atoms with Crippen molar-refractivity contribution in [3.63, 3.8) is 0 Å². The summed E-state index contributed by atoms with van der Waals surface area (Å²) in [6.45, 7) is 4.01. The molecule has 1 aromatic carbocycles. The van der Waals surface area contributed by atoms with Crippen molar-refractivity contribution in [1.29, 1.82) is 0 Å². The number of hydrogen-bond donors (Lipinski definition) is 1. The first-order valence-corrected chi connectivity index (χ1v) is 8.81. The van der Waals surface area contributed by atoms with Crippen LogP contribution in [0.5, 0.6) is 0 Å². The summed E-state index contributed by atoms with van der Waals surface area (Å²) in [5, 5.41) is 0.955. The van der Waals surface area contributed by atoms with Crippen molar-refractivity contribution in [2.45, 2.75) is 19.8 Å². The molecule has 0 fully saturated rings. The van der Waals surface area contributed by atoms with Crippen LogP contribution < -0.4 is 11.2 Å². The van der Waals surface area contributed by atoms with Gasteiger partial charge in [-0.1, -0.05) is 29.8 Å². The van der Waals surface area contributed by atoms with E-state index >= 15 is 0 Å². The molecule has 25 heavy (non-hydrogen) atoms. The Morgan fingerprint density at radius 3 is 2.76 bits per heavy atom. The van der Waals surface area contributed by atoms with Gasteiger partial charge in [-0.15, -0.1) is 11.3 Å². The standard InChI is InChI=1S/C19H17N3O2S/c1-10-4-6-13-12(8-10)5-7-15-17(20-11(2)25-15)16(13)14-9-22(3)19(24)21-18(14)23/h4-9,16H,1-3H3,(H,21,23,24). The summed E-state index contributed by atoms with van der Waals surface area (Å²) in [5.74, 6) is -0.305. The second kappa shape index (κ2) is 5.67. The average Bonchev–Trinajstić information content (AvgIpc) is 2.86. The molecule has 6 heteroatoms. The van der Waals surface area contributed by atoms with Crippen LogP contribution in [0, 0.1) is 13.8 Å². The van der Waals surface area contributed by atoms with Gasteiger partial charge in [0.05, 0.1) is 21.5 Å². The average molecular weight is 351 g/mol. The van der Waals surface area contributed by atoms with Crippen LogP contribution in [0.1, 0.15) is 43.8 Å². The van der Waals surface area contributed by atoms with E-state index in [1.54, 1.807) is 24.6 Å². The molecule has 1 N–H and O–H groups in total. The van der Waals surface area contributed by atoms with Crippen LogP contribution in [0.4, 0.5) is 0 Å². The highest BCUT2D eigenvalue weighted by atomic mass is 32.1. The van der Waals surface area contributed by atoms with Gasteiger partial charge in [0.15, 0.2) is 0 Å². The van der Waals surface area contributed by atoms with E-state index in [-0.39, 0.29) is 11.5 Å². The van der Waals surface area contributed by atoms with Crippen LogP contribution in [0.3, 0.4) is 0 Å². The third-order valence-corrected chi connectivity index (χ3v) is 5.43. The summed E-state index contributed by atoms with van der Waals surface area (Å²) in [6.07, 6.45) is 5.77. The Bertz CT molecular complexity index is 1130. The number of aryl methyl sites for hydroxylation is 3. The molecule has 2 heterocycles. The number of nitrogens with zero attached hydrogens (tertiary/aromatic N) is 2. The number of aromatic amines is 1. The Morgan fingerprint density at radius 1 is 1.16 bits per heavy atom. The number of hydrogen-bond acceptors (Lipinski definition) is 4. The summed E-state index contributed by atoms with van der Waals surface area (Å²) in [4.78, 5) is 32.5. The van der Waals surface area contributed by atoms with Crippen LogP contribution in [-0.2, 0) is 7.05 Å². The number of H-pyrrole nitrogens is 1. The zero-order chi connectivity index (χ0) is 17.7. The Balaban J connectivity index is 2.07.